The van der Waals surface area contributed by atoms with Gasteiger partial charge in [-0.15, -0.1) is 15.3 Å². The molecule has 0 aliphatic carbocycles. The molecular formula is C18H14ClN5O. The third kappa shape index (κ3) is 3.05. The first-order valence-electron chi connectivity index (χ1n) is 7.69. The molecule has 0 radical (unpaired) electrons. The fourth-order valence-electron chi connectivity index (χ4n) is 2.55. The van der Waals surface area contributed by atoms with Crippen molar-refractivity contribution in [2.75, 3.05) is 0 Å². The van der Waals surface area contributed by atoms with Crippen LogP contribution in [0.5, 0.6) is 11.6 Å². The van der Waals surface area contributed by atoms with E-state index < -0.39 is 0 Å². The lowest BCUT2D eigenvalue weighted by Crippen LogP contribution is -1.99. The Hall–Kier alpha value is -2.96. The molecule has 0 spiro atoms. The lowest BCUT2D eigenvalue weighted by atomic mass is 10.0. The molecule has 0 aliphatic heterocycles. The maximum absolute atomic E-state index is 6.04. The van der Waals surface area contributed by atoms with E-state index in [0.717, 1.165) is 16.7 Å². The largest absolute Gasteiger partial charge is 0.437 e. The number of hydrogen-bond donors (Lipinski definition) is 1. The lowest BCUT2D eigenvalue weighted by molar-refractivity contribution is 0.453. The van der Waals surface area contributed by atoms with Crippen molar-refractivity contribution in [3.8, 4) is 22.8 Å². The highest BCUT2D eigenvalue weighted by Gasteiger charge is 2.11. The van der Waals surface area contributed by atoms with Gasteiger partial charge in [0.2, 0.25) is 11.2 Å². The van der Waals surface area contributed by atoms with Gasteiger partial charge in [-0.1, -0.05) is 42.5 Å². The molecule has 0 amide bonds. The average Bonchev–Trinajstić information content (AvgIpc) is 3.03. The molecule has 0 saturated carbocycles. The fourth-order valence-corrected chi connectivity index (χ4v) is 2.71. The number of hydrogen-bond acceptors (Lipinski definition) is 5. The molecule has 2 aromatic carbocycles. The van der Waals surface area contributed by atoms with Gasteiger partial charge in [0, 0.05) is 18.2 Å². The second kappa shape index (κ2) is 6.51. The highest BCUT2D eigenvalue weighted by Crippen LogP contribution is 2.33. The maximum Gasteiger partial charge on any atom is 0.246 e. The molecule has 25 heavy (non-hydrogen) atoms. The fraction of sp³-hybridized carbons (Fsp3) is 0.0556. The van der Waals surface area contributed by atoms with Gasteiger partial charge in [0.15, 0.2) is 5.65 Å². The second-order valence-electron chi connectivity index (χ2n) is 5.41. The van der Waals surface area contributed by atoms with E-state index in [1.165, 1.54) is 4.52 Å². The minimum atomic E-state index is 0.180. The molecule has 0 unspecified atom stereocenters. The molecule has 2 aromatic heterocycles. The van der Waals surface area contributed by atoms with Crippen LogP contribution in [0.4, 0.5) is 0 Å². The SMILES string of the molecule is NCc1ccc(-c2ccccc2)c(Oc2ccc3nnc(Cl)n3n2)c1. The predicted octanol–water partition coefficient (Wildman–Crippen LogP) is 3.70. The number of benzene rings is 2. The zero-order valence-electron chi connectivity index (χ0n) is 13.1. The van der Waals surface area contributed by atoms with E-state index in [1.807, 2.05) is 48.5 Å². The monoisotopic (exact) mass is 351 g/mol. The van der Waals surface area contributed by atoms with Crippen LogP contribution in [-0.2, 0) is 6.54 Å². The molecule has 124 valence electrons. The Balaban J connectivity index is 1.78. The Morgan fingerprint density at radius 1 is 1.00 bits per heavy atom. The minimum Gasteiger partial charge on any atom is -0.437 e. The van der Waals surface area contributed by atoms with Gasteiger partial charge in [-0.25, -0.2) is 0 Å². The zero-order chi connectivity index (χ0) is 17.2. The van der Waals surface area contributed by atoms with Crippen LogP contribution in [0, 0.1) is 0 Å². The van der Waals surface area contributed by atoms with Crippen molar-refractivity contribution in [3.63, 3.8) is 0 Å². The highest BCUT2D eigenvalue weighted by molar-refractivity contribution is 6.28. The standard InChI is InChI=1S/C18H14ClN5O/c19-18-22-21-16-8-9-17(23-24(16)18)25-15-10-12(11-20)6-7-14(15)13-4-2-1-3-5-13/h1-10H,11,20H2. The Bertz CT molecular complexity index is 1030. The van der Waals surface area contributed by atoms with Crippen molar-refractivity contribution in [1.29, 1.82) is 0 Å². The molecule has 0 atom stereocenters. The molecule has 0 fully saturated rings. The van der Waals surface area contributed by atoms with Crippen LogP contribution in [-0.4, -0.2) is 19.8 Å². The third-order valence-electron chi connectivity index (χ3n) is 3.78. The number of aromatic nitrogens is 4. The first-order chi connectivity index (χ1) is 12.2. The summed E-state index contributed by atoms with van der Waals surface area (Å²) in [6.07, 6.45) is 0. The second-order valence-corrected chi connectivity index (χ2v) is 5.75. The maximum atomic E-state index is 6.04. The van der Waals surface area contributed by atoms with Crippen molar-refractivity contribution in [2.45, 2.75) is 6.54 Å². The molecular weight excluding hydrogens is 338 g/mol. The van der Waals surface area contributed by atoms with Crippen LogP contribution in [0.3, 0.4) is 0 Å². The van der Waals surface area contributed by atoms with Gasteiger partial charge in [0.1, 0.15) is 5.75 Å². The summed E-state index contributed by atoms with van der Waals surface area (Å²) in [4.78, 5) is 0. The number of fused-ring (bicyclic) bond motifs is 1. The number of halogens is 1. The first-order valence-corrected chi connectivity index (χ1v) is 8.06. The third-order valence-corrected chi connectivity index (χ3v) is 4.02. The van der Waals surface area contributed by atoms with Gasteiger partial charge >= 0.3 is 0 Å². The normalized spacial score (nSPS) is 11.0. The average molecular weight is 352 g/mol. The van der Waals surface area contributed by atoms with Gasteiger partial charge < -0.3 is 10.5 Å². The van der Waals surface area contributed by atoms with E-state index >= 15 is 0 Å². The van der Waals surface area contributed by atoms with E-state index in [0.29, 0.717) is 23.8 Å². The molecule has 0 bridgehead atoms. The van der Waals surface area contributed by atoms with Crippen molar-refractivity contribution in [1.82, 2.24) is 19.8 Å². The Morgan fingerprint density at radius 3 is 2.64 bits per heavy atom. The van der Waals surface area contributed by atoms with Gasteiger partial charge in [-0.2, -0.15) is 4.52 Å². The molecule has 0 saturated heterocycles. The van der Waals surface area contributed by atoms with Gasteiger partial charge in [0.05, 0.1) is 0 Å². The number of rotatable bonds is 4. The quantitative estimate of drug-likeness (QED) is 0.606. The van der Waals surface area contributed by atoms with Crippen molar-refractivity contribution >= 4 is 17.2 Å². The number of nitrogens with two attached hydrogens (primary N) is 1. The molecule has 2 N–H and O–H groups in total. The molecule has 4 aromatic rings. The summed E-state index contributed by atoms with van der Waals surface area (Å²) < 4.78 is 7.46. The topological polar surface area (TPSA) is 78.3 Å². The van der Waals surface area contributed by atoms with E-state index in [-0.39, 0.29) is 5.28 Å². The van der Waals surface area contributed by atoms with Crippen LogP contribution in [0.15, 0.2) is 60.7 Å². The van der Waals surface area contributed by atoms with Crippen LogP contribution in [0.25, 0.3) is 16.8 Å². The van der Waals surface area contributed by atoms with Gasteiger partial charge in [-0.05, 0) is 34.9 Å². The molecule has 6 nitrogen and oxygen atoms in total. The van der Waals surface area contributed by atoms with Crippen molar-refractivity contribution < 1.29 is 4.74 Å². The summed E-state index contributed by atoms with van der Waals surface area (Å²) in [7, 11) is 0. The van der Waals surface area contributed by atoms with Crippen LogP contribution >= 0.6 is 11.6 Å². The summed E-state index contributed by atoms with van der Waals surface area (Å²) in [6.45, 7) is 0.426. The predicted molar refractivity (Wildman–Crippen MR) is 95.6 cm³/mol. The number of ether oxygens (including phenoxy) is 1. The Kier molecular flexibility index (Phi) is 4.05. The van der Waals surface area contributed by atoms with Crippen LogP contribution in [0.1, 0.15) is 5.56 Å². The van der Waals surface area contributed by atoms with Crippen molar-refractivity contribution in [2.24, 2.45) is 5.73 Å². The zero-order valence-corrected chi connectivity index (χ0v) is 13.9. The van der Waals surface area contributed by atoms with E-state index in [4.69, 9.17) is 22.1 Å². The van der Waals surface area contributed by atoms with Crippen LogP contribution < -0.4 is 10.5 Å². The summed E-state index contributed by atoms with van der Waals surface area (Å²) in [5.41, 5.74) is 9.29. The summed E-state index contributed by atoms with van der Waals surface area (Å²) in [6, 6.07) is 19.4. The highest BCUT2D eigenvalue weighted by atomic mass is 35.5. The smallest absolute Gasteiger partial charge is 0.246 e. The van der Waals surface area contributed by atoms with E-state index in [9.17, 15) is 0 Å². The van der Waals surface area contributed by atoms with E-state index in [2.05, 4.69) is 15.3 Å². The van der Waals surface area contributed by atoms with Gasteiger partial charge in [0.25, 0.3) is 0 Å². The summed E-state index contributed by atoms with van der Waals surface area (Å²) in [5, 5.41) is 12.2. The molecule has 4 rings (SSSR count). The van der Waals surface area contributed by atoms with Gasteiger partial charge in [-0.3, -0.25) is 0 Å². The van der Waals surface area contributed by atoms with E-state index in [1.54, 1.807) is 12.1 Å². The molecule has 0 aliphatic rings. The summed E-state index contributed by atoms with van der Waals surface area (Å²) >= 11 is 5.98. The molecule has 2 heterocycles. The van der Waals surface area contributed by atoms with Crippen molar-refractivity contribution in [3.05, 3.63) is 71.5 Å². The Labute approximate surface area is 148 Å². The lowest BCUT2D eigenvalue weighted by Gasteiger charge is -2.12. The number of nitrogens with zero attached hydrogens (tertiary/aromatic N) is 4. The first kappa shape index (κ1) is 15.6. The minimum absolute atomic E-state index is 0.180. The summed E-state index contributed by atoms with van der Waals surface area (Å²) in [5.74, 6) is 1.06. The van der Waals surface area contributed by atoms with Crippen LogP contribution in [0.2, 0.25) is 5.28 Å². The molecule has 7 heteroatoms. The Morgan fingerprint density at radius 2 is 1.84 bits per heavy atom.